The number of aryl methyl sites for hydroxylation is 1. The standard InChI is InChI=1S/C25H26N4O2/c1-18-10-13-29-23(17-28-24(29)14-18)22(19-6-5-8-21(15-19)31-2)16-25(30)27-12-9-20-7-3-4-11-26-20/h3-8,10-11,13-15,17,22H,9,12,16H2,1-2H3,(H,27,30). The zero-order valence-electron chi connectivity index (χ0n) is 17.8. The van der Waals surface area contributed by atoms with Crippen LogP contribution < -0.4 is 10.1 Å². The summed E-state index contributed by atoms with van der Waals surface area (Å²) in [5.41, 5.74) is 4.97. The molecular formula is C25H26N4O2. The third-order valence-electron chi connectivity index (χ3n) is 5.37. The Labute approximate surface area is 181 Å². The minimum atomic E-state index is -0.150. The third-order valence-corrected chi connectivity index (χ3v) is 5.37. The SMILES string of the molecule is COc1cccc(C(CC(=O)NCCc2ccccn2)c2cnc3cc(C)ccn23)c1. The van der Waals surface area contributed by atoms with Gasteiger partial charge in [0.25, 0.3) is 0 Å². The van der Waals surface area contributed by atoms with Crippen LogP contribution in [0.1, 0.15) is 34.9 Å². The van der Waals surface area contributed by atoms with Crippen LogP contribution in [0.25, 0.3) is 5.65 Å². The fraction of sp³-hybridized carbons (Fsp3) is 0.240. The van der Waals surface area contributed by atoms with Crippen molar-refractivity contribution < 1.29 is 9.53 Å². The number of pyridine rings is 2. The van der Waals surface area contributed by atoms with Crippen LogP contribution in [0.5, 0.6) is 5.75 Å². The van der Waals surface area contributed by atoms with Gasteiger partial charge in [-0.3, -0.25) is 9.78 Å². The molecule has 0 saturated heterocycles. The molecule has 158 valence electrons. The molecule has 6 heteroatoms. The van der Waals surface area contributed by atoms with Gasteiger partial charge in [0.05, 0.1) is 12.8 Å². The van der Waals surface area contributed by atoms with Gasteiger partial charge in [-0.1, -0.05) is 18.2 Å². The summed E-state index contributed by atoms with van der Waals surface area (Å²) in [5, 5.41) is 3.04. The summed E-state index contributed by atoms with van der Waals surface area (Å²) < 4.78 is 7.47. The first-order valence-corrected chi connectivity index (χ1v) is 10.4. The molecule has 0 radical (unpaired) electrons. The van der Waals surface area contributed by atoms with Gasteiger partial charge in [-0.05, 0) is 54.4 Å². The second kappa shape index (κ2) is 9.43. The van der Waals surface area contributed by atoms with E-state index in [0.29, 0.717) is 19.4 Å². The Morgan fingerprint density at radius 1 is 1.13 bits per heavy atom. The molecule has 1 N–H and O–H groups in total. The third kappa shape index (κ3) is 4.91. The Kier molecular flexibility index (Phi) is 6.26. The molecule has 0 saturated carbocycles. The molecule has 1 amide bonds. The van der Waals surface area contributed by atoms with Crippen LogP contribution in [0, 0.1) is 6.92 Å². The minimum absolute atomic E-state index is 0.00851. The molecule has 0 fully saturated rings. The van der Waals surface area contributed by atoms with Crippen molar-refractivity contribution in [2.24, 2.45) is 0 Å². The number of benzene rings is 1. The average Bonchev–Trinajstić information content (AvgIpc) is 3.21. The second-order valence-corrected chi connectivity index (χ2v) is 7.57. The van der Waals surface area contributed by atoms with Gasteiger partial charge in [0.1, 0.15) is 11.4 Å². The highest BCUT2D eigenvalue weighted by molar-refractivity contribution is 5.77. The van der Waals surface area contributed by atoms with Gasteiger partial charge < -0.3 is 14.5 Å². The lowest BCUT2D eigenvalue weighted by molar-refractivity contribution is -0.121. The van der Waals surface area contributed by atoms with Crippen LogP contribution in [-0.2, 0) is 11.2 Å². The van der Waals surface area contributed by atoms with E-state index in [0.717, 1.165) is 33.9 Å². The number of hydrogen-bond donors (Lipinski definition) is 1. The molecule has 3 heterocycles. The lowest BCUT2D eigenvalue weighted by Gasteiger charge is -2.18. The number of imidazole rings is 1. The lowest BCUT2D eigenvalue weighted by Crippen LogP contribution is -2.27. The quantitative estimate of drug-likeness (QED) is 0.474. The van der Waals surface area contributed by atoms with E-state index in [1.807, 2.05) is 73.9 Å². The second-order valence-electron chi connectivity index (χ2n) is 7.57. The highest BCUT2D eigenvalue weighted by Gasteiger charge is 2.22. The van der Waals surface area contributed by atoms with E-state index in [2.05, 4.69) is 19.7 Å². The maximum atomic E-state index is 12.9. The number of amides is 1. The maximum absolute atomic E-state index is 12.9. The van der Waals surface area contributed by atoms with E-state index in [4.69, 9.17) is 4.74 Å². The van der Waals surface area contributed by atoms with Crippen LogP contribution in [-0.4, -0.2) is 33.9 Å². The van der Waals surface area contributed by atoms with Crippen molar-refractivity contribution in [2.75, 3.05) is 13.7 Å². The van der Waals surface area contributed by atoms with Crippen LogP contribution >= 0.6 is 0 Å². The number of aromatic nitrogens is 3. The summed E-state index contributed by atoms with van der Waals surface area (Å²) in [6, 6.07) is 17.8. The van der Waals surface area contributed by atoms with E-state index >= 15 is 0 Å². The number of carbonyl (C=O) groups is 1. The summed E-state index contributed by atoms with van der Waals surface area (Å²) in [6.07, 6.45) is 6.66. The molecule has 1 unspecified atom stereocenters. The Morgan fingerprint density at radius 2 is 2.03 bits per heavy atom. The Hall–Kier alpha value is -3.67. The predicted octanol–water partition coefficient (Wildman–Crippen LogP) is 3.93. The van der Waals surface area contributed by atoms with Crippen molar-refractivity contribution >= 4 is 11.6 Å². The van der Waals surface area contributed by atoms with Crippen molar-refractivity contribution in [1.82, 2.24) is 19.7 Å². The van der Waals surface area contributed by atoms with Crippen LogP contribution in [0.4, 0.5) is 0 Å². The first kappa shape index (κ1) is 20.6. The fourth-order valence-corrected chi connectivity index (χ4v) is 3.74. The highest BCUT2D eigenvalue weighted by atomic mass is 16.5. The molecule has 0 aliphatic rings. The smallest absolute Gasteiger partial charge is 0.221 e. The van der Waals surface area contributed by atoms with Crippen LogP contribution in [0.15, 0.2) is 73.2 Å². The van der Waals surface area contributed by atoms with E-state index in [1.54, 1.807) is 13.3 Å². The minimum Gasteiger partial charge on any atom is -0.497 e. The zero-order valence-corrected chi connectivity index (χ0v) is 17.8. The number of carbonyl (C=O) groups excluding carboxylic acids is 1. The van der Waals surface area contributed by atoms with E-state index in [1.165, 1.54) is 0 Å². The zero-order chi connectivity index (χ0) is 21.6. The number of methoxy groups -OCH3 is 1. The number of nitrogens with one attached hydrogen (secondary N) is 1. The van der Waals surface area contributed by atoms with E-state index < -0.39 is 0 Å². The Morgan fingerprint density at radius 3 is 2.84 bits per heavy atom. The summed E-state index contributed by atoms with van der Waals surface area (Å²) in [6.45, 7) is 2.59. The molecule has 31 heavy (non-hydrogen) atoms. The van der Waals surface area contributed by atoms with Gasteiger partial charge in [-0.2, -0.15) is 0 Å². The van der Waals surface area contributed by atoms with Crippen molar-refractivity contribution in [3.63, 3.8) is 0 Å². The topological polar surface area (TPSA) is 68.5 Å². The first-order chi connectivity index (χ1) is 15.1. The monoisotopic (exact) mass is 414 g/mol. The maximum Gasteiger partial charge on any atom is 0.221 e. The van der Waals surface area contributed by atoms with Crippen molar-refractivity contribution in [3.05, 3.63) is 95.7 Å². The fourth-order valence-electron chi connectivity index (χ4n) is 3.74. The largest absolute Gasteiger partial charge is 0.497 e. The van der Waals surface area contributed by atoms with Crippen molar-refractivity contribution in [3.8, 4) is 5.75 Å². The summed E-state index contributed by atoms with van der Waals surface area (Å²) in [4.78, 5) is 21.7. The predicted molar refractivity (Wildman–Crippen MR) is 120 cm³/mol. The summed E-state index contributed by atoms with van der Waals surface area (Å²) >= 11 is 0. The molecule has 0 spiro atoms. The van der Waals surface area contributed by atoms with Crippen molar-refractivity contribution in [1.29, 1.82) is 0 Å². The van der Waals surface area contributed by atoms with Gasteiger partial charge in [0.15, 0.2) is 0 Å². The van der Waals surface area contributed by atoms with Crippen LogP contribution in [0.2, 0.25) is 0 Å². The normalized spacial score (nSPS) is 11.9. The van der Waals surface area contributed by atoms with Gasteiger partial charge >= 0.3 is 0 Å². The molecule has 1 atom stereocenters. The average molecular weight is 415 g/mol. The van der Waals surface area contributed by atoms with Gasteiger partial charge in [-0.25, -0.2) is 4.98 Å². The van der Waals surface area contributed by atoms with Crippen molar-refractivity contribution in [2.45, 2.75) is 25.7 Å². The highest BCUT2D eigenvalue weighted by Crippen LogP contribution is 2.31. The molecule has 0 aliphatic heterocycles. The molecular weight excluding hydrogens is 388 g/mol. The van der Waals surface area contributed by atoms with Gasteiger partial charge in [-0.15, -0.1) is 0 Å². The number of ether oxygens (including phenoxy) is 1. The molecule has 0 aliphatic carbocycles. The number of nitrogens with zero attached hydrogens (tertiary/aromatic N) is 3. The molecule has 1 aromatic carbocycles. The molecule has 6 nitrogen and oxygen atoms in total. The van der Waals surface area contributed by atoms with Crippen LogP contribution in [0.3, 0.4) is 0 Å². The molecule has 3 aromatic heterocycles. The van der Waals surface area contributed by atoms with E-state index in [9.17, 15) is 4.79 Å². The number of fused-ring (bicyclic) bond motifs is 1. The molecule has 4 rings (SSSR count). The van der Waals surface area contributed by atoms with Gasteiger partial charge in [0.2, 0.25) is 5.91 Å². The summed E-state index contributed by atoms with van der Waals surface area (Å²) in [5.74, 6) is 0.608. The molecule has 0 bridgehead atoms. The number of hydrogen-bond acceptors (Lipinski definition) is 4. The molecule has 4 aromatic rings. The number of rotatable bonds is 8. The Balaban J connectivity index is 1.57. The van der Waals surface area contributed by atoms with E-state index in [-0.39, 0.29) is 11.8 Å². The Bertz CT molecular complexity index is 1170. The van der Waals surface area contributed by atoms with Gasteiger partial charge in [0, 0.05) is 49.6 Å². The summed E-state index contributed by atoms with van der Waals surface area (Å²) in [7, 11) is 1.65. The lowest BCUT2D eigenvalue weighted by atomic mass is 9.92. The first-order valence-electron chi connectivity index (χ1n) is 10.4.